The lowest BCUT2D eigenvalue weighted by Crippen LogP contribution is -2.20. The third kappa shape index (κ3) is 3.00. The molecule has 70 valence electrons. The number of benzene rings is 1. The fraction of sp³-hybridized carbons (Fsp3) is 0.125. The zero-order valence-electron chi connectivity index (χ0n) is 6.59. The maximum Gasteiger partial charge on any atom is 0.255 e. The Hall–Kier alpha value is -0.550. The Morgan fingerprint density at radius 3 is 2.38 bits per heavy atom. The van der Waals surface area contributed by atoms with Gasteiger partial charge < -0.3 is 10.5 Å². The Morgan fingerprint density at radius 2 is 1.92 bits per heavy atom. The van der Waals surface area contributed by atoms with Gasteiger partial charge in [-0.05, 0) is 44.0 Å². The van der Waals surface area contributed by atoms with Crippen LogP contribution in [0.5, 0.6) is 5.75 Å². The molecule has 13 heavy (non-hydrogen) atoms. The van der Waals surface area contributed by atoms with Crippen LogP contribution in [0.15, 0.2) is 27.1 Å². The van der Waals surface area contributed by atoms with Gasteiger partial charge in [-0.15, -0.1) is 0 Å². The molecule has 1 amide bonds. The Bertz CT molecular complexity index is 308. The summed E-state index contributed by atoms with van der Waals surface area (Å²) in [6.07, 6.45) is 0. The van der Waals surface area contributed by atoms with E-state index >= 15 is 0 Å². The van der Waals surface area contributed by atoms with Crippen LogP contribution >= 0.6 is 31.9 Å². The van der Waals surface area contributed by atoms with Crippen molar-refractivity contribution < 1.29 is 9.53 Å². The summed E-state index contributed by atoms with van der Waals surface area (Å²) in [6, 6.07) is 5.49. The van der Waals surface area contributed by atoms with Gasteiger partial charge in [0.05, 0.1) is 8.95 Å². The van der Waals surface area contributed by atoms with Gasteiger partial charge in [0.1, 0.15) is 5.75 Å². The molecule has 0 aromatic heterocycles. The zero-order valence-corrected chi connectivity index (χ0v) is 9.76. The number of amides is 1. The standard InChI is InChI=1S/C8H7Br2NO2/c9-5-2-1-3-6(10)8(5)13-4-7(11)12/h1-3H,4H2,(H2,11,12). The molecular formula is C8H7Br2NO2. The molecule has 1 aromatic rings. The van der Waals surface area contributed by atoms with Crippen molar-refractivity contribution in [2.24, 2.45) is 5.73 Å². The van der Waals surface area contributed by atoms with E-state index in [1.807, 2.05) is 18.2 Å². The van der Waals surface area contributed by atoms with Crippen LogP contribution in [0.25, 0.3) is 0 Å². The minimum absolute atomic E-state index is 0.124. The van der Waals surface area contributed by atoms with Crippen molar-refractivity contribution in [1.82, 2.24) is 0 Å². The number of rotatable bonds is 3. The quantitative estimate of drug-likeness (QED) is 0.929. The van der Waals surface area contributed by atoms with Gasteiger partial charge in [0, 0.05) is 0 Å². The van der Waals surface area contributed by atoms with E-state index in [1.165, 1.54) is 0 Å². The second-order valence-corrected chi connectivity index (χ2v) is 4.01. The van der Waals surface area contributed by atoms with Crippen LogP contribution in [-0.4, -0.2) is 12.5 Å². The van der Waals surface area contributed by atoms with Gasteiger partial charge in [0.15, 0.2) is 6.61 Å². The van der Waals surface area contributed by atoms with Crippen LogP contribution < -0.4 is 10.5 Å². The second-order valence-electron chi connectivity index (χ2n) is 2.31. The molecule has 2 N–H and O–H groups in total. The highest BCUT2D eigenvalue weighted by Crippen LogP contribution is 2.32. The summed E-state index contributed by atoms with van der Waals surface area (Å²) in [6.45, 7) is -0.124. The molecule has 3 nitrogen and oxygen atoms in total. The maximum absolute atomic E-state index is 10.5. The Morgan fingerprint density at radius 1 is 1.38 bits per heavy atom. The number of nitrogens with two attached hydrogens (primary N) is 1. The molecule has 1 rings (SSSR count). The fourth-order valence-corrected chi connectivity index (χ4v) is 1.99. The summed E-state index contributed by atoms with van der Waals surface area (Å²) < 4.78 is 6.72. The van der Waals surface area contributed by atoms with Crippen LogP contribution in [0, 0.1) is 0 Å². The molecule has 0 radical (unpaired) electrons. The third-order valence-electron chi connectivity index (χ3n) is 1.28. The van der Waals surface area contributed by atoms with E-state index in [2.05, 4.69) is 31.9 Å². The molecule has 0 unspecified atom stereocenters. The molecule has 0 bridgehead atoms. The van der Waals surface area contributed by atoms with Crippen molar-refractivity contribution in [3.8, 4) is 5.75 Å². The lowest BCUT2D eigenvalue weighted by Gasteiger charge is -2.07. The van der Waals surface area contributed by atoms with E-state index in [9.17, 15) is 4.79 Å². The van der Waals surface area contributed by atoms with Gasteiger partial charge >= 0.3 is 0 Å². The zero-order chi connectivity index (χ0) is 9.84. The van der Waals surface area contributed by atoms with Crippen LogP contribution in [0.1, 0.15) is 0 Å². The summed E-state index contributed by atoms with van der Waals surface area (Å²) in [7, 11) is 0. The highest BCUT2D eigenvalue weighted by atomic mass is 79.9. The second kappa shape index (κ2) is 4.62. The normalized spacial score (nSPS) is 9.69. The van der Waals surface area contributed by atoms with E-state index in [1.54, 1.807) is 0 Å². The Labute approximate surface area is 92.5 Å². The van der Waals surface area contributed by atoms with Gasteiger partial charge in [0.2, 0.25) is 0 Å². The summed E-state index contributed by atoms with van der Waals surface area (Å²) in [5, 5.41) is 0. The monoisotopic (exact) mass is 307 g/mol. The molecule has 0 aliphatic rings. The number of ether oxygens (including phenoxy) is 1. The summed E-state index contributed by atoms with van der Waals surface area (Å²) >= 11 is 6.58. The number of primary amides is 1. The van der Waals surface area contributed by atoms with E-state index < -0.39 is 5.91 Å². The summed E-state index contributed by atoms with van der Waals surface area (Å²) in [5.41, 5.74) is 4.95. The van der Waals surface area contributed by atoms with Crippen LogP contribution in [0.2, 0.25) is 0 Å². The van der Waals surface area contributed by atoms with Crippen molar-refractivity contribution in [2.75, 3.05) is 6.61 Å². The van der Waals surface area contributed by atoms with Crippen LogP contribution in [-0.2, 0) is 4.79 Å². The van der Waals surface area contributed by atoms with Gasteiger partial charge in [-0.3, -0.25) is 4.79 Å². The van der Waals surface area contributed by atoms with Gasteiger partial charge in [0.25, 0.3) is 5.91 Å². The number of hydrogen-bond donors (Lipinski definition) is 1. The first-order valence-corrected chi connectivity index (χ1v) is 5.05. The molecule has 1 aromatic carbocycles. The lowest BCUT2D eigenvalue weighted by molar-refractivity contribution is -0.119. The predicted molar refractivity (Wildman–Crippen MR) is 56.5 cm³/mol. The minimum atomic E-state index is -0.498. The van der Waals surface area contributed by atoms with E-state index in [-0.39, 0.29) is 6.61 Å². The maximum atomic E-state index is 10.5. The molecule has 0 saturated heterocycles. The van der Waals surface area contributed by atoms with Crippen LogP contribution in [0.4, 0.5) is 0 Å². The van der Waals surface area contributed by atoms with Crippen molar-refractivity contribution in [2.45, 2.75) is 0 Å². The number of hydrogen-bond acceptors (Lipinski definition) is 2. The molecule has 0 atom stereocenters. The van der Waals surface area contributed by atoms with Crippen molar-refractivity contribution in [3.05, 3.63) is 27.1 Å². The van der Waals surface area contributed by atoms with E-state index in [4.69, 9.17) is 10.5 Å². The van der Waals surface area contributed by atoms with Crippen LogP contribution in [0.3, 0.4) is 0 Å². The topological polar surface area (TPSA) is 52.3 Å². The average Bonchev–Trinajstić information content (AvgIpc) is 2.03. The number of carbonyl (C=O) groups excluding carboxylic acids is 1. The predicted octanol–water partition coefficient (Wildman–Crippen LogP) is 2.08. The summed E-state index contributed by atoms with van der Waals surface area (Å²) in [5.74, 6) is 0.0870. The molecule has 0 aliphatic carbocycles. The molecule has 0 heterocycles. The average molecular weight is 309 g/mol. The molecule has 0 saturated carbocycles. The fourth-order valence-electron chi connectivity index (χ4n) is 0.764. The van der Waals surface area contributed by atoms with Crippen molar-refractivity contribution >= 4 is 37.8 Å². The number of halogens is 2. The molecule has 5 heteroatoms. The lowest BCUT2D eigenvalue weighted by atomic mass is 10.3. The number of carbonyl (C=O) groups is 1. The molecule has 0 fully saturated rings. The minimum Gasteiger partial charge on any atom is -0.481 e. The van der Waals surface area contributed by atoms with Gasteiger partial charge in [-0.2, -0.15) is 0 Å². The SMILES string of the molecule is NC(=O)COc1c(Br)cccc1Br. The largest absolute Gasteiger partial charge is 0.481 e. The molecule has 0 spiro atoms. The van der Waals surface area contributed by atoms with Crippen molar-refractivity contribution in [1.29, 1.82) is 0 Å². The van der Waals surface area contributed by atoms with E-state index in [0.717, 1.165) is 8.95 Å². The van der Waals surface area contributed by atoms with Crippen molar-refractivity contribution in [3.63, 3.8) is 0 Å². The smallest absolute Gasteiger partial charge is 0.255 e. The summed E-state index contributed by atoms with van der Waals surface area (Å²) in [4.78, 5) is 10.5. The number of para-hydroxylation sites is 1. The highest BCUT2D eigenvalue weighted by molar-refractivity contribution is 9.11. The van der Waals surface area contributed by atoms with Gasteiger partial charge in [-0.1, -0.05) is 6.07 Å². The third-order valence-corrected chi connectivity index (χ3v) is 2.53. The first-order valence-electron chi connectivity index (χ1n) is 3.46. The molecular weight excluding hydrogens is 302 g/mol. The van der Waals surface area contributed by atoms with E-state index in [0.29, 0.717) is 5.75 Å². The van der Waals surface area contributed by atoms with Gasteiger partial charge in [-0.25, -0.2) is 0 Å². The Kier molecular flexibility index (Phi) is 3.74. The first-order chi connectivity index (χ1) is 6.11. The first kappa shape index (κ1) is 10.5. The Balaban J connectivity index is 2.81. The molecule has 0 aliphatic heterocycles. The highest BCUT2D eigenvalue weighted by Gasteiger charge is 2.06.